The lowest BCUT2D eigenvalue weighted by Crippen LogP contribution is -2.38. The molecular weight excluding hydrogens is 440 g/mol. The van der Waals surface area contributed by atoms with Crippen molar-refractivity contribution in [2.45, 2.75) is 57.4 Å². The first kappa shape index (κ1) is 26.5. The van der Waals surface area contributed by atoms with Gasteiger partial charge in [0.25, 0.3) is 0 Å². The summed E-state index contributed by atoms with van der Waals surface area (Å²) in [7, 11) is 2.02. The van der Waals surface area contributed by atoms with Crippen LogP contribution in [0.1, 0.15) is 48.5 Å². The van der Waals surface area contributed by atoms with Crippen molar-refractivity contribution in [3.63, 3.8) is 0 Å². The Kier molecular flexibility index (Phi) is 9.55. The van der Waals surface area contributed by atoms with E-state index in [4.69, 9.17) is 9.90 Å². The number of benzene rings is 2. The Balaban J connectivity index is 0.000000479. The van der Waals surface area contributed by atoms with E-state index in [1.54, 1.807) is 13.0 Å². The van der Waals surface area contributed by atoms with Crippen molar-refractivity contribution in [2.24, 2.45) is 0 Å². The van der Waals surface area contributed by atoms with Gasteiger partial charge in [0.1, 0.15) is 5.82 Å². The van der Waals surface area contributed by atoms with Gasteiger partial charge >= 0.3 is 12.1 Å². The van der Waals surface area contributed by atoms with Crippen LogP contribution in [0.3, 0.4) is 0 Å². The molecule has 9 heteroatoms. The molecule has 0 heterocycles. The Hall–Kier alpha value is -2.78. The molecule has 5 nitrogen and oxygen atoms in total. The van der Waals surface area contributed by atoms with E-state index >= 15 is 0 Å². The van der Waals surface area contributed by atoms with Crippen LogP contribution >= 0.6 is 0 Å². The highest BCUT2D eigenvalue weighted by molar-refractivity contribution is 5.94. The molecule has 0 atom stereocenters. The van der Waals surface area contributed by atoms with Crippen molar-refractivity contribution in [3.05, 3.63) is 59.4 Å². The predicted molar refractivity (Wildman–Crippen MR) is 117 cm³/mol. The number of halogens is 4. The summed E-state index contributed by atoms with van der Waals surface area (Å²) in [6, 6.07) is 13.8. The smallest absolute Gasteiger partial charge is 0.475 e. The van der Waals surface area contributed by atoms with E-state index in [1.165, 1.54) is 18.9 Å². The fourth-order valence-electron chi connectivity index (χ4n) is 3.63. The van der Waals surface area contributed by atoms with E-state index < -0.39 is 12.1 Å². The molecule has 1 saturated carbocycles. The molecule has 1 aliphatic carbocycles. The van der Waals surface area contributed by atoms with Crippen molar-refractivity contribution in [1.29, 1.82) is 0 Å². The van der Waals surface area contributed by atoms with Crippen LogP contribution in [-0.4, -0.2) is 42.2 Å². The molecule has 3 rings (SSSR count). The Morgan fingerprint density at radius 3 is 1.97 bits per heavy atom. The molecule has 3 N–H and O–H groups in total. The Morgan fingerprint density at radius 1 is 0.970 bits per heavy atom. The first-order chi connectivity index (χ1) is 15.5. The fraction of sp³-hybridized carbons (Fsp3) is 0.417. The highest BCUT2D eigenvalue weighted by Gasteiger charge is 2.38. The van der Waals surface area contributed by atoms with E-state index in [0.717, 1.165) is 24.0 Å². The van der Waals surface area contributed by atoms with Gasteiger partial charge in [-0.25, -0.2) is 9.18 Å². The topological polar surface area (TPSA) is 78.4 Å². The van der Waals surface area contributed by atoms with Gasteiger partial charge in [0.15, 0.2) is 5.78 Å². The van der Waals surface area contributed by atoms with Crippen LogP contribution in [0.15, 0.2) is 42.5 Å². The number of hydrogen-bond acceptors (Lipinski definition) is 4. The molecule has 2 aromatic rings. The van der Waals surface area contributed by atoms with Crippen LogP contribution in [-0.2, 0) is 11.3 Å². The molecule has 0 saturated heterocycles. The molecule has 0 spiro atoms. The number of aliphatic carboxylic acids is 1. The maximum atomic E-state index is 14.2. The van der Waals surface area contributed by atoms with Crippen molar-refractivity contribution >= 4 is 11.8 Å². The van der Waals surface area contributed by atoms with Crippen LogP contribution < -0.4 is 10.6 Å². The van der Waals surface area contributed by atoms with Gasteiger partial charge in [-0.3, -0.25) is 4.79 Å². The molecule has 0 aromatic heterocycles. The average Bonchev–Trinajstić information content (AvgIpc) is 2.78. The quantitative estimate of drug-likeness (QED) is 0.413. The third kappa shape index (κ3) is 8.25. The summed E-state index contributed by atoms with van der Waals surface area (Å²) in [5, 5.41) is 14.0. The fourth-order valence-corrected chi connectivity index (χ4v) is 3.63. The van der Waals surface area contributed by atoms with Gasteiger partial charge in [-0.05, 0) is 62.9 Å². The molecule has 33 heavy (non-hydrogen) atoms. The zero-order chi connectivity index (χ0) is 24.6. The zero-order valence-electron chi connectivity index (χ0n) is 18.5. The molecule has 0 amide bonds. The summed E-state index contributed by atoms with van der Waals surface area (Å²) in [5.41, 5.74) is 3.34. The number of carbonyl (C=O) groups excluding carboxylic acids is 1. The lowest BCUT2D eigenvalue weighted by Gasteiger charge is -2.29. The van der Waals surface area contributed by atoms with Gasteiger partial charge in [0.2, 0.25) is 0 Å². The summed E-state index contributed by atoms with van der Waals surface area (Å²) >= 11 is 0. The van der Waals surface area contributed by atoms with E-state index in [2.05, 4.69) is 10.6 Å². The Bertz CT molecular complexity index is 938. The molecule has 1 aliphatic rings. The van der Waals surface area contributed by atoms with Crippen molar-refractivity contribution in [2.75, 3.05) is 7.05 Å². The summed E-state index contributed by atoms with van der Waals surface area (Å²) in [5.74, 6) is -2.88. The first-order valence-corrected chi connectivity index (χ1v) is 10.6. The molecule has 0 aliphatic heterocycles. The van der Waals surface area contributed by atoms with Gasteiger partial charge in [-0.15, -0.1) is 0 Å². The first-order valence-electron chi connectivity index (χ1n) is 10.6. The minimum Gasteiger partial charge on any atom is -0.475 e. The molecule has 0 radical (unpaired) electrons. The summed E-state index contributed by atoms with van der Waals surface area (Å²) < 4.78 is 46.0. The van der Waals surface area contributed by atoms with Gasteiger partial charge in [-0.2, -0.15) is 13.2 Å². The van der Waals surface area contributed by atoms with E-state index in [-0.39, 0.29) is 11.6 Å². The second kappa shape index (κ2) is 11.9. The predicted octanol–water partition coefficient (Wildman–Crippen LogP) is 4.95. The number of nitrogens with one attached hydrogen (secondary N) is 2. The molecule has 2 aromatic carbocycles. The SMILES string of the molecule is CNC1CCC(NCc2cc(-c3ccc(C(C)=O)cc3)ccc2F)CC1.O=C(O)C(F)(F)F. The minimum atomic E-state index is -5.08. The number of alkyl halides is 3. The van der Waals surface area contributed by atoms with Crippen LogP contribution in [0.25, 0.3) is 11.1 Å². The van der Waals surface area contributed by atoms with E-state index in [0.29, 0.717) is 29.8 Å². The lowest BCUT2D eigenvalue weighted by atomic mass is 9.91. The second-order valence-electron chi connectivity index (χ2n) is 7.96. The standard InChI is InChI=1S/C22H27FN2O.C2HF3O2/c1-15(26)16-3-5-17(6-4-16)18-7-12-22(23)19(13-18)14-25-21-10-8-20(24-2)9-11-21;3-2(4,5)1(6)7/h3-7,12-13,20-21,24-25H,8-11,14H2,1-2H3;(H,6,7). The molecule has 1 fully saturated rings. The van der Waals surface area contributed by atoms with Crippen molar-refractivity contribution in [3.8, 4) is 11.1 Å². The van der Waals surface area contributed by atoms with Crippen LogP contribution in [0.4, 0.5) is 17.6 Å². The van der Waals surface area contributed by atoms with Crippen LogP contribution in [0, 0.1) is 5.82 Å². The van der Waals surface area contributed by atoms with Crippen molar-refractivity contribution < 1.29 is 32.3 Å². The highest BCUT2D eigenvalue weighted by atomic mass is 19.4. The summed E-state index contributed by atoms with van der Waals surface area (Å²) in [4.78, 5) is 20.3. The number of Topliss-reactive ketones (excluding diaryl/α,β-unsaturated/α-hetero) is 1. The second-order valence-corrected chi connectivity index (χ2v) is 7.96. The minimum absolute atomic E-state index is 0.0496. The van der Waals surface area contributed by atoms with Gasteiger partial charge < -0.3 is 15.7 Å². The Labute approximate surface area is 190 Å². The third-order valence-electron chi connectivity index (χ3n) is 5.63. The van der Waals surface area contributed by atoms with Crippen molar-refractivity contribution in [1.82, 2.24) is 10.6 Å². The average molecular weight is 468 g/mol. The maximum absolute atomic E-state index is 14.2. The highest BCUT2D eigenvalue weighted by Crippen LogP contribution is 2.24. The molecule has 180 valence electrons. The third-order valence-corrected chi connectivity index (χ3v) is 5.63. The number of rotatable bonds is 6. The monoisotopic (exact) mass is 468 g/mol. The number of ketones is 1. The number of carboxylic acids is 1. The molecular formula is C24H28F4N2O3. The zero-order valence-corrected chi connectivity index (χ0v) is 18.5. The summed E-state index contributed by atoms with van der Waals surface area (Å²) in [6.45, 7) is 2.10. The van der Waals surface area contributed by atoms with Gasteiger partial charge in [0, 0.05) is 29.8 Å². The number of carbonyl (C=O) groups is 2. The molecule has 0 unspecified atom stereocenters. The van der Waals surface area contributed by atoms with E-state index in [1.807, 2.05) is 37.4 Å². The van der Waals surface area contributed by atoms with E-state index in [9.17, 15) is 22.4 Å². The molecule has 0 bridgehead atoms. The van der Waals surface area contributed by atoms with Crippen LogP contribution in [0.5, 0.6) is 0 Å². The maximum Gasteiger partial charge on any atom is 0.490 e. The van der Waals surface area contributed by atoms with Crippen LogP contribution in [0.2, 0.25) is 0 Å². The number of carboxylic acid groups (broad SMARTS) is 1. The normalized spacial score (nSPS) is 18.2. The lowest BCUT2D eigenvalue weighted by molar-refractivity contribution is -0.192. The van der Waals surface area contributed by atoms with Gasteiger partial charge in [0.05, 0.1) is 0 Å². The number of hydrogen-bond donors (Lipinski definition) is 3. The Morgan fingerprint density at radius 2 is 1.48 bits per heavy atom. The van der Waals surface area contributed by atoms with Gasteiger partial charge in [-0.1, -0.05) is 30.3 Å². The largest absolute Gasteiger partial charge is 0.490 e. The summed E-state index contributed by atoms with van der Waals surface area (Å²) in [6.07, 6.45) is -0.503.